The van der Waals surface area contributed by atoms with Crippen molar-refractivity contribution < 1.29 is 9.53 Å². The van der Waals surface area contributed by atoms with Crippen molar-refractivity contribution in [3.8, 4) is 5.69 Å². The number of ether oxygens (including phenoxy) is 1. The van der Waals surface area contributed by atoms with Crippen molar-refractivity contribution >= 4 is 17.7 Å². The first-order valence-electron chi connectivity index (χ1n) is 9.67. The van der Waals surface area contributed by atoms with Crippen molar-refractivity contribution in [3.63, 3.8) is 0 Å². The van der Waals surface area contributed by atoms with E-state index in [-0.39, 0.29) is 5.91 Å². The molecule has 1 N–H and O–H groups in total. The molecular weight excluding hydrogens is 384 g/mol. The van der Waals surface area contributed by atoms with Gasteiger partial charge in [-0.25, -0.2) is 0 Å². The van der Waals surface area contributed by atoms with E-state index in [0.29, 0.717) is 18.4 Å². The quantitative estimate of drug-likeness (QED) is 0.573. The summed E-state index contributed by atoms with van der Waals surface area (Å²) in [5.41, 5.74) is 3.88. The zero-order valence-electron chi connectivity index (χ0n) is 16.6. The largest absolute Gasteiger partial charge is 0.377 e. The molecule has 1 fully saturated rings. The van der Waals surface area contributed by atoms with Crippen LogP contribution in [0.5, 0.6) is 0 Å². The molecule has 150 valence electrons. The standard InChI is InChI=1S/C22H24N4O2S/c1-15-6-5-8-18(12-15)26-20(13-28-2)24-25-22(26)29-14-16-7-3-4-9-19(16)21(27)23-17-10-11-17/h3-9,12,17H,10-11,13-14H2,1-2H3,(H,23,27). The highest BCUT2D eigenvalue weighted by Crippen LogP contribution is 2.28. The van der Waals surface area contributed by atoms with Crippen LogP contribution in [-0.4, -0.2) is 33.8 Å². The third-order valence-electron chi connectivity index (χ3n) is 4.77. The zero-order chi connectivity index (χ0) is 20.2. The molecule has 7 heteroatoms. The molecule has 0 aliphatic heterocycles. The summed E-state index contributed by atoms with van der Waals surface area (Å²) in [5, 5.41) is 12.6. The number of nitrogens with zero attached hydrogens (tertiary/aromatic N) is 3. The summed E-state index contributed by atoms with van der Waals surface area (Å²) in [5.74, 6) is 1.38. The topological polar surface area (TPSA) is 69.0 Å². The molecule has 0 unspecified atom stereocenters. The van der Waals surface area contributed by atoms with Gasteiger partial charge >= 0.3 is 0 Å². The van der Waals surface area contributed by atoms with Gasteiger partial charge in [-0.15, -0.1) is 10.2 Å². The smallest absolute Gasteiger partial charge is 0.251 e. The lowest BCUT2D eigenvalue weighted by Crippen LogP contribution is -2.26. The van der Waals surface area contributed by atoms with Gasteiger partial charge in [-0.1, -0.05) is 42.1 Å². The summed E-state index contributed by atoms with van der Waals surface area (Å²) >= 11 is 1.57. The molecular formula is C22H24N4O2S. The molecule has 1 aromatic heterocycles. The summed E-state index contributed by atoms with van der Waals surface area (Å²) < 4.78 is 7.33. The molecule has 4 rings (SSSR count). The minimum absolute atomic E-state index is 0.00363. The summed E-state index contributed by atoms with van der Waals surface area (Å²) in [7, 11) is 1.65. The van der Waals surface area contributed by atoms with Crippen molar-refractivity contribution in [1.29, 1.82) is 0 Å². The first-order chi connectivity index (χ1) is 14.2. The van der Waals surface area contributed by atoms with Gasteiger partial charge in [0.05, 0.1) is 0 Å². The maximum atomic E-state index is 12.6. The first-order valence-corrected chi connectivity index (χ1v) is 10.7. The van der Waals surface area contributed by atoms with Crippen LogP contribution in [0.2, 0.25) is 0 Å². The Hall–Kier alpha value is -2.64. The Morgan fingerprint density at radius 2 is 2.03 bits per heavy atom. The molecule has 1 aliphatic rings. The zero-order valence-corrected chi connectivity index (χ0v) is 17.4. The third kappa shape index (κ3) is 4.68. The minimum atomic E-state index is 0.00363. The van der Waals surface area contributed by atoms with E-state index in [1.165, 1.54) is 0 Å². The number of carbonyl (C=O) groups excluding carboxylic acids is 1. The number of methoxy groups -OCH3 is 1. The fourth-order valence-corrected chi connectivity index (χ4v) is 4.12. The van der Waals surface area contributed by atoms with Crippen LogP contribution in [-0.2, 0) is 17.1 Å². The second-order valence-electron chi connectivity index (χ2n) is 7.20. The fraction of sp³-hybridized carbons (Fsp3) is 0.318. The van der Waals surface area contributed by atoms with Crippen molar-refractivity contribution in [2.24, 2.45) is 0 Å². The van der Waals surface area contributed by atoms with E-state index < -0.39 is 0 Å². The summed E-state index contributed by atoms with van der Waals surface area (Å²) in [6, 6.07) is 16.3. The lowest BCUT2D eigenvalue weighted by molar-refractivity contribution is 0.0950. The van der Waals surface area contributed by atoms with E-state index >= 15 is 0 Å². The van der Waals surface area contributed by atoms with Crippen LogP contribution >= 0.6 is 11.8 Å². The van der Waals surface area contributed by atoms with E-state index in [0.717, 1.165) is 46.2 Å². The van der Waals surface area contributed by atoms with Crippen molar-refractivity contribution in [2.45, 2.75) is 43.3 Å². The number of carbonyl (C=O) groups is 1. The summed E-state index contributed by atoms with van der Waals surface area (Å²) in [4.78, 5) is 12.6. The highest BCUT2D eigenvalue weighted by Gasteiger charge is 2.25. The van der Waals surface area contributed by atoms with Crippen LogP contribution < -0.4 is 5.32 Å². The molecule has 29 heavy (non-hydrogen) atoms. The van der Waals surface area contributed by atoms with E-state index in [1.807, 2.05) is 41.0 Å². The van der Waals surface area contributed by atoms with Gasteiger partial charge < -0.3 is 10.1 Å². The maximum Gasteiger partial charge on any atom is 0.251 e. The van der Waals surface area contributed by atoms with Crippen molar-refractivity contribution in [3.05, 3.63) is 71.0 Å². The lowest BCUT2D eigenvalue weighted by Gasteiger charge is -2.12. The molecule has 0 radical (unpaired) electrons. The second-order valence-corrected chi connectivity index (χ2v) is 8.14. The van der Waals surface area contributed by atoms with Crippen LogP contribution in [0, 0.1) is 6.92 Å². The molecule has 0 saturated heterocycles. The molecule has 0 bridgehead atoms. The minimum Gasteiger partial charge on any atom is -0.377 e. The molecule has 3 aromatic rings. The van der Waals surface area contributed by atoms with Crippen LogP contribution in [0.25, 0.3) is 5.69 Å². The number of benzene rings is 2. The Bertz CT molecular complexity index is 1010. The Kier molecular flexibility index (Phi) is 5.97. The molecule has 6 nitrogen and oxygen atoms in total. The first kappa shape index (κ1) is 19.7. The van der Waals surface area contributed by atoms with Gasteiger partial charge in [0.15, 0.2) is 11.0 Å². The highest BCUT2D eigenvalue weighted by molar-refractivity contribution is 7.98. The molecule has 1 aliphatic carbocycles. The lowest BCUT2D eigenvalue weighted by atomic mass is 10.1. The number of aromatic nitrogens is 3. The van der Waals surface area contributed by atoms with Crippen molar-refractivity contribution in [1.82, 2.24) is 20.1 Å². The average molecular weight is 409 g/mol. The van der Waals surface area contributed by atoms with Crippen LogP contribution in [0.15, 0.2) is 53.7 Å². The Morgan fingerprint density at radius 1 is 1.21 bits per heavy atom. The van der Waals surface area contributed by atoms with Gasteiger partial charge in [0, 0.05) is 30.2 Å². The predicted molar refractivity (Wildman–Crippen MR) is 113 cm³/mol. The molecule has 2 aromatic carbocycles. The Labute approximate surface area is 174 Å². The molecule has 0 spiro atoms. The van der Waals surface area contributed by atoms with Crippen LogP contribution in [0.4, 0.5) is 0 Å². The van der Waals surface area contributed by atoms with Gasteiger partial charge in [-0.3, -0.25) is 9.36 Å². The van der Waals surface area contributed by atoms with E-state index in [4.69, 9.17) is 4.74 Å². The van der Waals surface area contributed by atoms with Crippen LogP contribution in [0.3, 0.4) is 0 Å². The average Bonchev–Trinajstić information content (AvgIpc) is 3.45. The maximum absolute atomic E-state index is 12.6. The van der Waals surface area contributed by atoms with E-state index in [1.54, 1.807) is 18.9 Å². The van der Waals surface area contributed by atoms with Gasteiger partial charge in [0.25, 0.3) is 5.91 Å². The van der Waals surface area contributed by atoms with Gasteiger partial charge in [0.2, 0.25) is 0 Å². The number of amides is 1. The number of thioether (sulfide) groups is 1. The number of hydrogen-bond acceptors (Lipinski definition) is 5. The Morgan fingerprint density at radius 3 is 2.79 bits per heavy atom. The monoisotopic (exact) mass is 408 g/mol. The van der Waals surface area contributed by atoms with E-state index in [2.05, 4.69) is 34.6 Å². The van der Waals surface area contributed by atoms with Crippen LogP contribution in [0.1, 0.15) is 40.2 Å². The predicted octanol–water partition coefficient (Wildman–Crippen LogP) is 3.91. The number of hydrogen-bond donors (Lipinski definition) is 1. The molecule has 1 amide bonds. The number of rotatable bonds is 8. The number of nitrogens with one attached hydrogen (secondary N) is 1. The summed E-state index contributed by atoms with van der Waals surface area (Å²) in [6.07, 6.45) is 2.15. The number of aryl methyl sites for hydroxylation is 1. The summed E-state index contributed by atoms with van der Waals surface area (Å²) in [6.45, 7) is 2.44. The third-order valence-corrected chi connectivity index (χ3v) is 5.74. The van der Waals surface area contributed by atoms with Gasteiger partial charge in [0.1, 0.15) is 6.61 Å². The highest BCUT2D eigenvalue weighted by atomic mass is 32.2. The SMILES string of the molecule is COCc1nnc(SCc2ccccc2C(=O)NC2CC2)n1-c1cccc(C)c1. The molecule has 1 heterocycles. The fourth-order valence-electron chi connectivity index (χ4n) is 3.14. The normalized spacial score (nSPS) is 13.4. The van der Waals surface area contributed by atoms with E-state index in [9.17, 15) is 4.79 Å². The second kappa shape index (κ2) is 8.80. The Balaban J connectivity index is 1.58. The molecule has 0 atom stereocenters. The molecule has 1 saturated carbocycles. The van der Waals surface area contributed by atoms with Gasteiger partial charge in [-0.2, -0.15) is 0 Å². The van der Waals surface area contributed by atoms with Gasteiger partial charge in [-0.05, 0) is 49.1 Å². The van der Waals surface area contributed by atoms with Crippen molar-refractivity contribution in [2.75, 3.05) is 7.11 Å².